The third-order valence-corrected chi connectivity index (χ3v) is 2.73. The Hall–Kier alpha value is -1.70. The summed E-state index contributed by atoms with van der Waals surface area (Å²) in [5, 5.41) is 10.9. The summed E-state index contributed by atoms with van der Waals surface area (Å²) in [5.74, 6) is 5.39. The van der Waals surface area contributed by atoms with Gasteiger partial charge in [-0.2, -0.15) is 0 Å². The monoisotopic (exact) mass is 268 g/mol. The molecule has 0 unspecified atom stereocenters. The van der Waals surface area contributed by atoms with E-state index in [4.69, 9.17) is 10.6 Å². The minimum atomic E-state index is -0.446. The Morgan fingerprint density at radius 3 is 2.84 bits per heavy atom. The van der Waals surface area contributed by atoms with Crippen molar-refractivity contribution >= 4 is 11.4 Å². The number of nitrogens with zero attached hydrogens (tertiary/aromatic N) is 2. The van der Waals surface area contributed by atoms with Crippen molar-refractivity contribution in [2.24, 2.45) is 5.84 Å². The van der Waals surface area contributed by atoms with Crippen LogP contribution in [0.1, 0.15) is 12.5 Å². The first-order valence-corrected chi connectivity index (χ1v) is 6.09. The molecule has 19 heavy (non-hydrogen) atoms. The van der Waals surface area contributed by atoms with Crippen molar-refractivity contribution in [2.45, 2.75) is 13.5 Å². The quantitative estimate of drug-likeness (QED) is 0.320. The molecule has 0 saturated heterocycles. The number of benzene rings is 1. The second-order valence-electron chi connectivity index (χ2n) is 4.15. The number of hydrogen-bond acceptors (Lipinski definition) is 6. The number of nitro benzene ring substituents is 1. The van der Waals surface area contributed by atoms with Crippen LogP contribution in [0.2, 0.25) is 0 Å². The fourth-order valence-corrected chi connectivity index (χ4v) is 1.77. The summed E-state index contributed by atoms with van der Waals surface area (Å²) >= 11 is 0. The number of nitrogens with one attached hydrogen (secondary N) is 1. The van der Waals surface area contributed by atoms with Crippen LogP contribution in [0.5, 0.6) is 0 Å². The van der Waals surface area contributed by atoms with E-state index in [0.29, 0.717) is 25.4 Å². The second kappa shape index (κ2) is 7.67. The first-order valence-electron chi connectivity index (χ1n) is 6.09. The van der Waals surface area contributed by atoms with Crippen molar-refractivity contribution < 1.29 is 9.66 Å². The summed E-state index contributed by atoms with van der Waals surface area (Å²) < 4.78 is 5.27. The molecule has 0 bridgehead atoms. The van der Waals surface area contributed by atoms with Crippen molar-refractivity contribution in [1.29, 1.82) is 0 Å². The molecular formula is C12H20N4O3. The number of likely N-dealkylation sites (N-methyl/N-ethyl adjacent to an activating group) is 1. The molecule has 1 aromatic carbocycles. The molecule has 7 nitrogen and oxygen atoms in total. The molecule has 0 heterocycles. The fourth-order valence-electron chi connectivity index (χ4n) is 1.77. The lowest BCUT2D eigenvalue weighted by Crippen LogP contribution is -2.24. The van der Waals surface area contributed by atoms with Crippen LogP contribution < -0.4 is 11.3 Å². The van der Waals surface area contributed by atoms with Gasteiger partial charge in [-0.1, -0.05) is 12.1 Å². The van der Waals surface area contributed by atoms with Gasteiger partial charge in [0.15, 0.2) is 0 Å². The van der Waals surface area contributed by atoms with Crippen molar-refractivity contribution in [3.63, 3.8) is 0 Å². The number of rotatable bonds is 8. The highest BCUT2D eigenvalue weighted by Crippen LogP contribution is 2.27. The van der Waals surface area contributed by atoms with Gasteiger partial charge in [-0.25, -0.2) is 0 Å². The standard InChI is InChI=1S/C12H20N4O3/c1-3-19-8-7-15(2)9-10-5-4-6-11(16(17)18)12(10)14-13/h4-6,14H,3,7-9,13H2,1-2H3. The Bertz CT molecular complexity index is 425. The van der Waals surface area contributed by atoms with Gasteiger partial charge in [-0.3, -0.25) is 20.9 Å². The van der Waals surface area contributed by atoms with Crippen LogP contribution in [0.25, 0.3) is 0 Å². The lowest BCUT2D eigenvalue weighted by molar-refractivity contribution is -0.384. The van der Waals surface area contributed by atoms with Crippen LogP contribution >= 0.6 is 0 Å². The molecule has 0 saturated carbocycles. The van der Waals surface area contributed by atoms with E-state index >= 15 is 0 Å². The minimum Gasteiger partial charge on any atom is -0.380 e. The topological polar surface area (TPSA) is 93.7 Å². The molecule has 1 aromatic rings. The molecule has 106 valence electrons. The Kier molecular flexibility index (Phi) is 6.20. The van der Waals surface area contributed by atoms with E-state index in [9.17, 15) is 10.1 Å². The summed E-state index contributed by atoms with van der Waals surface area (Å²) in [6.45, 7) is 4.57. The maximum absolute atomic E-state index is 10.9. The molecular weight excluding hydrogens is 248 g/mol. The normalized spacial score (nSPS) is 10.7. The molecule has 0 spiro atoms. The second-order valence-corrected chi connectivity index (χ2v) is 4.15. The first kappa shape index (κ1) is 15.4. The number of para-hydroxylation sites is 1. The summed E-state index contributed by atoms with van der Waals surface area (Å²) in [5.41, 5.74) is 3.55. The van der Waals surface area contributed by atoms with Crippen LogP contribution in [0.4, 0.5) is 11.4 Å². The zero-order chi connectivity index (χ0) is 14.3. The molecule has 0 aromatic heterocycles. The number of nitro groups is 1. The van der Waals surface area contributed by atoms with E-state index in [-0.39, 0.29) is 5.69 Å². The molecule has 0 aliphatic rings. The summed E-state index contributed by atoms with van der Waals surface area (Å²) in [6, 6.07) is 4.91. The Labute approximate surface area is 112 Å². The lowest BCUT2D eigenvalue weighted by Gasteiger charge is -2.18. The van der Waals surface area contributed by atoms with Crippen molar-refractivity contribution in [3.8, 4) is 0 Å². The molecule has 7 heteroatoms. The van der Waals surface area contributed by atoms with Crippen LogP contribution in [-0.2, 0) is 11.3 Å². The van der Waals surface area contributed by atoms with Crippen molar-refractivity contribution in [2.75, 3.05) is 32.2 Å². The van der Waals surface area contributed by atoms with Gasteiger partial charge >= 0.3 is 0 Å². The fraction of sp³-hybridized carbons (Fsp3) is 0.500. The number of nitrogens with two attached hydrogens (primary N) is 1. The highest BCUT2D eigenvalue weighted by Gasteiger charge is 2.17. The van der Waals surface area contributed by atoms with Crippen LogP contribution in [0, 0.1) is 10.1 Å². The van der Waals surface area contributed by atoms with Gasteiger partial charge in [0.05, 0.1) is 11.5 Å². The third kappa shape index (κ3) is 4.47. The molecule has 1 rings (SSSR count). The summed E-state index contributed by atoms with van der Waals surface area (Å²) in [6.07, 6.45) is 0. The zero-order valence-corrected chi connectivity index (χ0v) is 11.3. The summed E-state index contributed by atoms with van der Waals surface area (Å²) in [4.78, 5) is 12.5. The van der Waals surface area contributed by atoms with E-state index in [0.717, 1.165) is 12.1 Å². The molecule has 0 radical (unpaired) electrons. The van der Waals surface area contributed by atoms with E-state index in [1.807, 2.05) is 24.9 Å². The Morgan fingerprint density at radius 2 is 2.26 bits per heavy atom. The molecule has 0 amide bonds. The molecule has 0 aliphatic carbocycles. The number of ether oxygens (including phenoxy) is 1. The van der Waals surface area contributed by atoms with Gasteiger partial charge in [0.2, 0.25) is 0 Å². The molecule has 0 fully saturated rings. The Balaban J connectivity index is 2.77. The lowest BCUT2D eigenvalue weighted by atomic mass is 10.1. The highest BCUT2D eigenvalue weighted by molar-refractivity contribution is 5.65. The van der Waals surface area contributed by atoms with E-state index in [1.165, 1.54) is 6.07 Å². The predicted octanol–water partition coefficient (Wildman–Crippen LogP) is 1.35. The number of anilines is 1. The van der Waals surface area contributed by atoms with E-state index in [1.54, 1.807) is 6.07 Å². The summed E-state index contributed by atoms with van der Waals surface area (Å²) in [7, 11) is 1.93. The first-order chi connectivity index (χ1) is 9.10. The molecule has 0 atom stereocenters. The van der Waals surface area contributed by atoms with E-state index in [2.05, 4.69) is 5.43 Å². The van der Waals surface area contributed by atoms with Gasteiger partial charge in [0, 0.05) is 25.8 Å². The van der Waals surface area contributed by atoms with Crippen molar-refractivity contribution in [3.05, 3.63) is 33.9 Å². The number of nitrogen functional groups attached to an aromatic ring is 1. The van der Waals surface area contributed by atoms with Gasteiger partial charge in [-0.05, 0) is 19.5 Å². The average Bonchev–Trinajstić information content (AvgIpc) is 2.38. The van der Waals surface area contributed by atoms with E-state index < -0.39 is 4.92 Å². The van der Waals surface area contributed by atoms with Crippen LogP contribution in [-0.4, -0.2) is 36.6 Å². The van der Waals surface area contributed by atoms with Gasteiger partial charge < -0.3 is 10.2 Å². The molecule has 0 aliphatic heterocycles. The number of hydrazine groups is 1. The average molecular weight is 268 g/mol. The largest absolute Gasteiger partial charge is 0.380 e. The van der Waals surface area contributed by atoms with Crippen molar-refractivity contribution in [1.82, 2.24) is 4.90 Å². The van der Waals surface area contributed by atoms with Gasteiger partial charge in [0.25, 0.3) is 5.69 Å². The zero-order valence-electron chi connectivity index (χ0n) is 11.3. The predicted molar refractivity (Wildman–Crippen MR) is 73.7 cm³/mol. The van der Waals surface area contributed by atoms with Crippen LogP contribution in [0.3, 0.4) is 0 Å². The smallest absolute Gasteiger partial charge is 0.293 e. The van der Waals surface area contributed by atoms with Gasteiger partial charge in [-0.15, -0.1) is 0 Å². The maximum Gasteiger partial charge on any atom is 0.293 e. The van der Waals surface area contributed by atoms with Crippen LogP contribution in [0.15, 0.2) is 18.2 Å². The maximum atomic E-state index is 10.9. The minimum absolute atomic E-state index is 0.0155. The third-order valence-electron chi connectivity index (χ3n) is 2.73. The SMILES string of the molecule is CCOCCN(C)Cc1cccc([N+](=O)[O-])c1NN. The highest BCUT2D eigenvalue weighted by atomic mass is 16.6. The van der Waals surface area contributed by atoms with Gasteiger partial charge in [0.1, 0.15) is 5.69 Å². The number of hydrogen-bond donors (Lipinski definition) is 2. The Morgan fingerprint density at radius 1 is 1.53 bits per heavy atom. The molecule has 3 N–H and O–H groups in total.